The van der Waals surface area contributed by atoms with E-state index in [0.29, 0.717) is 19.3 Å². The van der Waals surface area contributed by atoms with Gasteiger partial charge in [0, 0.05) is 12.8 Å². The van der Waals surface area contributed by atoms with E-state index in [4.69, 9.17) is 18.5 Å². The first kappa shape index (κ1) is 64.9. The van der Waals surface area contributed by atoms with Crippen LogP contribution in [0.15, 0.2) is 60.8 Å². The van der Waals surface area contributed by atoms with Gasteiger partial charge in [-0.3, -0.25) is 27.7 Å². The van der Waals surface area contributed by atoms with Crippen molar-refractivity contribution >= 4 is 35.4 Å². The van der Waals surface area contributed by atoms with Crippen LogP contribution in [0.2, 0.25) is 0 Å². The van der Waals surface area contributed by atoms with Crippen molar-refractivity contribution in [3.63, 3.8) is 0 Å². The first-order chi connectivity index (χ1) is 32.8. The standard InChI is InChI=1S/C47H83O19P3/c1-3-5-7-9-11-13-15-17-19-20-22-24-26-28-30-32-34-36-41(49)63-39(37-61-40(48)35-33-31-29-27-25-23-21-18-16-14-12-10-8-6-4-2)38-62-69(59,60)66-45-42(50)43(51)46(64-67(53,54)55)47(44(45)52)65-68(56,57)58/h11-14,17-19,21-22,24,39,42-47,50-52H,3-10,15-16,20,23,25-38H2,1-2H3,(H,59,60)(H2,53,54,55)(H2,56,57,58)/t39-,42?,43?,44?,45+,46?,47+/m1/s1. The Bertz CT molecular complexity index is 1670. The molecule has 0 aromatic heterocycles. The third kappa shape index (κ3) is 34.8. The van der Waals surface area contributed by atoms with E-state index in [1.807, 2.05) is 0 Å². The van der Waals surface area contributed by atoms with Crippen molar-refractivity contribution in [3.05, 3.63) is 60.8 Å². The first-order valence-electron chi connectivity index (χ1n) is 24.6. The number of allylic oxidation sites excluding steroid dienone is 10. The van der Waals surface area contributed by atoms with Gasteiger partial charge >= 0.3 is 35.4 Å². The fraction of sp³-hybridized carbons (Fsp3) is 0.745. The van der Waals surface area contributed by atoms with Crippen molar-refractivity contribution in [3.8, 4) is 0 Å². The second kappa shape index (κ2) is 38.5. The van der Waals surface area contributed by atoms with E-state index in [1.54, 1.807) is 0 Å². The topological polar surface area (TPSA) is 303 Å². The Hall–Kier alpha value is -2.15. The fourth-order valence-electron chi connectivity index (χ4n) is 7.09. The summed E-state index contributed by atoms with van der Waals surface area (Å²) in [6, 6.07) is 0. The summed E-state index contributed by atoms with van der Waals surface area (Å²) in [6.07, 6.45) is 26.6. The van der Waals surface area contributed by atoms with Gasteiger partial charge in [-0.25, -0.2) is 13.7 Å². The molecule has 5 unspecified atom stereocenters. The zero-order valence-corrected chi connectivity index (χ0v) is 43.3. The Labute approximate surface area is 409 Å². The minimum Gasteiger partial charge on any atom is -0.462 e. The number of phosphoric acid groups is 3. The molecule has 0 aromatic carbocycles. The minimum atomic E-state index is -5.61. The zero-order chi connectivity index (χ0) is 51.4. The molecule has 0 spiro atoms. The van der Waals surface area contributed by atoms with Crippen LogP contribution in [0, 0.1) is 0 Å². The number of aliphatic hydroxyl groups excluding tert-OH is 3. The summed E-state index contributed by atoms with van der Waals surface area (Å²) < 4.78 is 65.5. The molecular formula is C47H83O19P3. The SMILES string of the molecule is CCCCCC=CCC=CCC=CCCCCCCC(=O)O[C@H](COC(=O)CCCCCCCC=CCC=CCCCCC)COP(=O)(O)O[C@H]1C(O)C(O)C(OP(=O)(O)O)[C@@H](OP(=O)(O)O)C1O. The summed E-state index contributed by atoms with van der Waals surface area (Å²) in [5, 5.41) is 31.9. The fourth-order valence-corrected chi connectivity index (χ4v) is 9.19. The van der Waals surface area contributed by atoms with Crippen LogP contribution >= 0.6 is 23.5 Å². The van der Waals surface area contributed by atoms with Gasteiger partial charge in [0.2, 0.25) is 0 Å². The molecule has 0 radical (unpaired) electrons. The zero-order valence-electron chi connectivity index (χ0n) is 40.6. The predicted octanol–water partition coefficient (Wildman–Crippen LogP) is 9.18. The Morgan fingerprint density at radius 2 is 0.841 bits per heavy atom. The monoisotopic (exact) mass is 1040 g/mol. The summed E-state index contributed by atoms with van der Waals surface area (Å²) in [5.74, 6) is -1.34. The van der Waals surface area contributed by atoms with Gasteiger partial charge in [-0.05, 0) is 83.5 Å². The highest BCUT2D eigenvalue weighted by atomic mass is 31.2. The molecule has 1 fully saturated rings. The molecule has 0 aliphatic heterocycles. The molecule has 0 bridgehead atoms. The van der Waals surface area contributed by atoms with Gasteiger partial charge in [0.1, 0.15) is 43.2 Å². The van der Waals surface area contributed by atoms with Gasteiger partial charge < -0.3 is 49.3 Å². The highest BCUT2D eigenvalue weighted by Crippen LogP contribution is 2.51. The third-order valence-electron chi connectivity index (χ3n) is 10.8. The van der Waals surface area contributed by atoms with Crippen molar-refractivity contribution in [1.82, 2.24) is 0 Å². The van der Waals surface area contributed by atoms with Crippen molar-refractivity contribution < 1.29 is 90.6 Å². The van der Waals surface area contributed by atoms with E-state index < -0.39 is 91.3 Å². The summed E-state index contributed by atoms with van der Waals surface area (Å²) in [6.45, 7) is 2.86. The smallest absolute Gasteiger partial charge is 0.462 e. The lowest BCUT2D eigenvalue weighted by atomic mass is 9.85. The van der Waals surface area contributed by atoms with Gasteiger partial charge in [-0.2, -0.15) is 0 Å². The molecule has 1 aliphatic rings. The minimum absolute atomic E-state index is 0.0332. The van der Waals surface area contributed by atoms with Crippen molar-refractivity contribution in [2.75, 3.05) is 13.2 Å². The van der Waals surface area contributed by atoms with E-state index >= 15 is 0 Å². The predicted molar refractivity (Wildman–Crippen MR) is 261 cm³/mol. The van der Waals surface area contributed by atoms with Crippen LogP contribution in [-0.4, -0.2) is 108 Å². The van der Waals surface area contributed by atoms with E-state index in [2.05, 4.69) is 83.7 Å². The Morgan fingerprint density at radius 3 is 1.29 bits per heavy atom. The summed E-state index contributed by atoms with van der Waals surface area (Å²) in [4.78, 5) is 73.3. The lowest BCUT2D eigenvalue weighted by Crippen LogP contribution is -2.65. The maximum absolute atomic E-state index is 13.1. The van der Waals surface area contributed by atoms with Crippen LogP contribution in [0.25, 0.3) is 0 Å². The van der Waals surface area contributed by atoms with Crippen LogP contribution in [-0.2, 0) is 50.9 Å². The van der Waals surface area contributed by atoms with Gasteiger partial charge in [0.05, 0.1) is 6.61 Å². The van der Waals surface area contributed by atoms with Crippen LogP contribution in [0.3, 0.4) is 0 Å². The van der Waals surface area contributed by atoms with Crippen molar-refractivity contribution in [1.29, 1.82) is 0 Å². The average molecular weight is 1050 g/mol. The van der Waals surface area contributed by atoms with Gasteiger partial charge in [0.15, 0.2) is 6.10 Å². The third-order valence-corrected chi connectivity index (χ3v) is 12.8. The molecule has 0 heterocycles. The maximum Gasteiger partial charge on any atom is 0.472 e. The molecule has 0 aromatic rings. The lowest BCUT2D eigenvalue weighted by Gasteiger charge is -2.44. The molecule has 1 rings (SSSR count). The summed E-state index contributed by atoms with van der Waals surface area (Å²) in [5.41, 5.74) is 0. The summed E-state index contributed by atoms with van der Waals surface area (Å²) >= 11 is 0. The molecule has 69 heavy (non-hydrogen) atoms. The van der Waals surface area contributed by atoms with Crippen LogP contribution in [0.5, 0.6) is 0 Å². The number of unbranched alkanes of at least 4 members (excludes halogenated alkanes) is 15. The molecule has 400 valence electrons. The molecule has 8 N–H and O–H groups in total. The number of esters is 2. The Kier molecular flexibility index (Phi) is 36.2. The number of carbonyl (C=O) groups excluding carboxylic acids is 2. The normalized spacial score (nSPS) is 21.8. The number of aliphatic hydroxyl groups is 3. The largest absolute Gasteiger partial charge is 0.472 e. The number of hydrogen-bond acceptors (Lipinski definition) is 14. The quantitative estimate of drug-likeness (QED) is 0.0122. The number of carbonyl (C=O) groups is 2. The van der Waals surface area contributed by atoms with Crippen LogP contribution in [0.1, 0.15) is 168 Å². The van der Waals surface area contributed by atoms with E-state index in [1.165, 1.54) is 38.5 Å². The van der Waals surface area contributed by atoms with E-state index in [0.717, 1.165) is 83.5 Å². The van der Waals surface area contributed by atoms with Gasteiger partial charge in [0.25, 0.3) is 0 Å². The highest BCUT2D eigenvalue weighted by molar-refractivity contribution is 7.47. The number of ether oxygens (including phenoxy) is 2. The van der Waals surface area contributed by atoms with E-state index in [-0.39, 0.29) is 12.8 Å². The molecular weight excluding hydrogens is 961 g/mol. The molecule has 1 aliphatic carbocycles. The summed E-state index contributed by atoms with van der Waals surface area (Å²) in [7, 11) is -16.6. The maximum atomic E-state index is 13.1. The highest BCUT2D eigenvalue weighted by Gasteiger charge is 2.56. The number of phosphoric ester groups is 3. The Morgan fingerprint density at radius 1 is 0.464 bits per heavy atom. The van der Waals surface area contributed by atoms with Crippen molar-refractivity contribution in [2.24, 2.45) is 0 Å². The molecule has 0 saturated heterocycles. The van der Waals surface area contributed by atoms with Gasteiger partial charge in [-0.15, -0.1) is 0 Å². The van der Waals surface area contributed by atoms with Crippen LogP contribution < -0.4 is 0 Å². The van der Waals surface area contributed by atoms with Crippen molar-refractivity contribution in [2.45, 2.75) is 211 Å². The number of hydrogen-bond donors (Lipinski definition) is 8. The molecule has 0 amide bonds. The molecule has 1 saturated carbocycles. The second-order valence-corrected chi connectivity index (χ2v) is 20.8. The molecule has 19 nitrogen and oxygen atoms in total. The van der Waals surface area contributed by atoms with E-state index in [9.17, 15) is 63.1 Å². The molecule has 8 atom stereocenters. The number of rotatable bonds is 41. The van der Waals surface area contributed by atoms with Crippen LogP contribution in [0.4, 0.5) is 0 Å². The average Bonchev–Trinajstić information content (AvgIpc) is 3.28. The second-order valence-electron chi connectivity index (χ2n) is 17.0. The lowest BCUT2D eigenvalue weighted by molar-refractivity contribution is -0.213. The van der Waals surface area contributed by atoms with Gasteiger partial charge in [-0.1, -0.05) is 132 Å². The molecule has 22 heteroatoms. The Balaban J connectivity index is 2.75. The first-order valence-corrected chi connectivity index (χ1v) is 29.1.